The summed E-state index contributed by atoms with van der Waals surface area (Å²) in [5.41, 5.74) is 1.08. The van der Waals surface area contributed by atoms with Crippen LogP contribution in [0.1, 0.15) is 44.6 Å². The predicted octanol–water partition coefficient (Wildman–Crippen LogP) is 3.93. The molecule has 0 atom stereocenters. The van der Waals surface area contributed by atoms with Crippen molar-refractivity contribution in [3.05, 3.63) is 48.0 Å². The summed E-state index contributed by atoms with van der Waals surface area (Å²) in [5, 5.41) is 5.36. The maximum atomic E-state index is 12.8. The van der Waals surface area contributed by atoms with E-state index in [-0.39, 0.29) is 17.7 Å². The Morgan fingerprint density at radius 1 is 1.04 bits per heavy atom. The summed E-state index contributed by atoms with van der Waals surface area (Å²) in [6, 6.07) is 14.3. The average molecular weight is 367 g/mol. The van der Waals surface area contributed by atoms with E-state index in [0.29, 0.717) is 19.5 Å². The molecule has 4 heteroatoms. The molecule has 0 unspecified atom stereocenters. The van der Waals surface area contributed by atoms with E-state index >= 15 is 0 Å². The van der Waals surface area contributed by atoms with E-state index in [9.17, 15) is 9.59 Å². The molecule has 2 amide bonds. The highest BCUT2D eigenvalue weighted by Gasteiger charge is 2.27. The Labute approximate surface area is 161 Å². The van der Waals surface area contributed by atoms with Gasteiger partial charge < -0.3 is 10.2 Å². The topological polar surface area (TPSA) is 49.4 Å². The zero-order chi connectivity index (χ0) is 19.1. The predicted molar refractivity (Wildman–Crippen MR) is 109 cm³/mol. The van der Waals surface area contributed by atoms with Gasteiger partial charge in [0.05, 0.1) is 6.42 Å². The van der Waals surface area contributed by atoms with Crippen LogP contribution < -0.4 is 5.32 Å². The normalized spacial score (nSPS) is 15.1. The van der Waals surface area contributed by atoms with Gasteiger partial charge in [-0.25, -0.2) is 0 Å². The van der Waals surface area contributed by atoms with Crippen LogP contribution in [0.2, 0.25) is 0 Å². The number of benzene rings is 2. The quantitative estimate of drug-likeness (QED) is 0.755. The first kappa shape index (κ1) is 19.4. The number of rotatable bonds is 7. The Kier molecular flexibility index (Phi) is 6.86. The highest BCUT2D eigenvalue weighted by Crippen LogP contribution is 2.22. The molecule has 4 nitrogen and oxygen atoms in total. The summed E-state index contributed by atoms with van der Waals surface area (Å²) in [6.45, 7) is 4.28. The molecular weight excluding hydrogens is 336 g/mol. The highest BCUT2D eigenvalue weighted by molar-refractivity contribution is 5.90. The van der Waals surface area contributed by atoms with E-state index in [0.717, 1.165) is 49.6 Å². The number of nitrogens with one attached hydrogen (secondary N) is 1. The van der Waals surface area contributed by atoms with Crippen LogP contribution in [0.15, 0.2) is 42.5 Å². The van der Waals surface area contributed by atoms with Crippen molar-refractivity contribution in [2.24, 2.45) is 5.92 Å². The third-order valence-corrected chi connectivity index (χ3v) is 5.52. The lowest BCUT2D eigenvalue weighted by Gasteiger charge is -2.31. The number of carbonyl (C=O) groups is 2. The summed E-state index contributed by atoms with van der Waals surface area (Å²) < 4.78 is 0. The van der Waals surface area contributed by atoms with Gasteiger partial charge in [0.1, 0.15) is 0 Å². The van der Waals surface area contributed by atoms with Gasteiger partial charge in [-0.3, -0.25) is 9.59 Å². The van der Waals surface area contributed by atoms with Crippen LogP contribution >= 0.6 is 0 Å². The largest absolute Gasteiger partial charge is 0.356 e. The Morgan fingerprint density at radius 2 is 1.78 bits per heavy atom. The van der Waals surface area contributed by atoms with Crippen LogP contribution in [0.3, 0.4) is 0 Å². The zero-order valence-electron chi connectivity index (χ0n) is 16.2. The van der Waals surface area contributed by atoms with Crippen molar-refractivity contribution >= 4 is 22.6 Å². The van der Waals surface area contributed by atoms with Crippen LogP contribution in [0.25, 0.3) is 10.8 Å². The second-order valence-electron chi connectivity index (χ2n) is 7.47. The molecule has 0 radical (unpaired) electrons. The molecule has 144 valence electrons. The van der Waals surface area contributed by atoms with Gasteiger partial charge >= 0.3 is 0 Å². The molecule has 2 aromatic rings. The number of hydrogen-bond donors (Lipinski definition) is 1. The standard InChI is InChI=1S/C23H30N2O2/c1-2-3-6-14-24-23(27)19-12-15-25(16-13-19)22(26)17-20-10-7-9-18-8-4-5-11-21(18)20/h4-5,7-11,19H,2-3,6,12-17H2,1H3,(H,24,27). The van der Waals surface area contributed by atoms with Gasteiger partial charge in [0.25, 0.3) is 0 Å². The smallest absolute Gasteiger partial charge is 0.227 e. The average Bonchev–Trinajstić information content (AvgIpc) is 2.71. The number of piperidine rings is 1. The Hall–Kier alpha value is -2.36. The van der Waals surface area contributed by atoms with Gasteiger partial charge in [-0.1, -0.05) is 62.2 Å². The molecule has 0 bridgehead atoms. The number of likely N-dealkylation sites (tertiary alicyclic amines) is 1. The van der Waals surface area contributed by atoms with Crippen molar-refractivity contribution < 1.29 is 9.59 Å². The summed E-state index contributed by atoms with van der Waals surface area (Å²) >= 11 is 0. The molecule has 1 fully saturated rings. The first-order valence-corrected chi connectivity index (χ1v) is 10.2. The summed E-state index contributed by atoms with van der Waals surface area (Å²) in [5.74, 6) is 0.369. The minimum Gasteiger partial charge on any atom is -0.356 e. The SMILES string of the molecule is CCCCCNC(=O)C1CCN(C(=O)Cc2cccc3ccccc23)CC1. The van der Waals surface area contributed by atoms with Gasteiger partial charge in [0.2, 0.25) is 11.8 Å². The maximum Gasteiger partial charge on any atom is 0.227 e. The molecule has 1 heterocycles. The number of unbranched alkanes of at least 4 members (excludes halogenated alkanes) is 2. The van der Waals surface area contributed by atoms with Gasteiger partial charge in [-0.2, -0.15) is 0 Å². The molecule has 1 aliphatic rings. The van der Waals surface area contributed by atoms with Crippen molar-refractivity contribution in [2.75, 3.05) is 19.6 Å². The molecule has 27 heavy (non-hydrogen) atoms. The van der Waals surface area contributed by atoms with Gasteiger partial charge in [0.15, 0.2) is 0 Å². The molecule has 0 aliphatic carbocycles. The lowest BCUT2D eigenvalue weighted by molar-refractivity contribution is -0.135. The highest BCUT2D eigenvalue weighted by atomic mass is 16.2. The first-order valence-electron chi connectivity index (χ1n) is 10.2. The summed E-state index contributed by atoms with van der Waals surface area (Å²) in [6.07, 6.45) is 5.32. The fraction of sp³-hybridized carbons (Fsp3) is 0.478. The number of fused-ring (bicyclic) bond motifs is 1. The zero-order valence-corrected chi connectivity index (χ0v) is 16.2. The Bertz CT molecular complexity index is 774. The van der Waals surface area contributed by atoms with E-state index in [1.165, 1.54) is 5.39 Å². The fourth-order valence-electron chi connectivity index (χ4n) is 3.84. The van der Waals surface area contributed by atoms with Gasteiger partial charge in [-0.15, -0.1) is 0 Å². The number of hydrogen-bond acceptors (Lipinski definition) is 2. The lowest BCUT2D eigenvalue weighted by atomic mass is 9.95. The number of nitrogens with zero attached hydrogens (tertiary/aromatic N) is 1. The van der Waals surface area contributed by atoms with Crippen molar-refractivity contribution in [3.63, 3.8) is 0 Å². The maximum absolute atomic E-state index is 12.8. The van der Waals surface area contributed by atoms with Crippen LogP contribution in [0.4, 0.5) is 0 Å². The van der Waals surface area contributed by atoms with E-state index in [4.69, 9.17) is 0 Å². The monoisotopic (exact) mass is 366 g/mol. The molecule has 0 saturated carbocycles. The van der Waals surface area contributed by atoms with Crippen molar-refractivity contribution in [1.29, 1.82) is 0 Å². The minimum absolute atomic E-state index is 0.0493. The molecule has 1 saturated heterocycles. The van der Waals surface area contributed by atoms with Crippen molar-refractivity contribution in [3.8, 4) is 0 Å². The molecule has 2 aromatic carbocycles. The summed E-state index contributed by atoms with van der Waals surface area (Å²) in [4.78, 5) is 26.9. The van der Waals surface area contributed by atoms with Gasteiger partial charge in [0, 0.05) is 25.6 Å². The Morgan fingerprint density at radius 3 is 2.56 bits per heavy atom. The number of amides is 2. The van der Waals surface area contributed by atoms with Crippen molar-refractivity contribution in [2.45, 2.75) is 45.4 Å². The molecular formula is C23H30N2O2. The molecule has 1 aliphatic heterocycles. The lowest BCUT2D eigenvalue weighted by Crippen LogP contribution is -2.43. The van der Waals surface area contributed by atoms with E-state index in [1.54, 1.807) is 0 Å². The minimum atomic E-state index is 0.0493. The van der Waals surface area contributed by atoms with E-state index in [1.807, 2.05) is 29.2 Å². The fourth-order valence-corrected chi connectivity index (χ4v) is 3.84. The molecule has 3 rings (SSSR count). The third kappa shape index (κ3) is 5.09. The number of carbonyl (C=O) groups excluding carboxylic acids is 2. The second kappa shape index (κ2) is 9.54. The van der Waals surface area contributed by atoms with E-state index < -0.39 is 0 Å². The van der Waals surface area contributed by atoms with E-state index in [2.05, 4.69) is 30.4 Å². The Balaban J connectivity index is 1.50. The second-order valence-corrected chi connectivity index (χ2v) is 7.47. The van der Waals surface area contributed by atoms with Crippen LogP contribution in [0.5, 0.6) is 0 Å². The first-order chi connectivity index (χ1) is 13.2. The molecule has 1 N–H and O–H groups in total. The van der Waals surface area contributed by atoms with Gasteiger partial charge in [-0.05, 0) is 35.6 Å². The van der Waals surface area contributed by atoms with Crippen LogP contribution in [-0.4, -0.2) is 36.3 Å². The third-order valence-electron chi connectivity index (χ3n) is 5.52. The van der Waals surface area contributed by atoms with Crippen molar-refractivity contribution in [1.82, 2.24) is 10.2 Å². The van der Waals surface area contributed by atoms with Crippen LogP contribution in [-0.2, 0) is 16.0 Å². The molecule has 0 aromatic heterocycles. The molecule has 0 spiro atoms. The summed E-state index contributed by atoms with van der Waals surface area (Å²) in [7, 11) is 0. The van der Waals surface area contributed by atoms with Crippen LogP contribution in [0, 0.1) is 5.92 Å².